The molecule has 2 rings (SSSR count). The average molecular weight is 286 g/mol. The Bertz CT molecular complexity index is 226. The first-order valence-electron chi connectivity index (χ1n) is 8.39. The normalized spacial score (nSPS) is 22.2. The lowest BCUT2D eigenvalue weighted by molar-refractivity contribution is -0.150. The standard InChI is InChI=1S/C10H20O2.C7H14O/c1-3-5-6-11-7-10(4-2)8-12-9-10;1-3-7(4-2)5-8-6-7/h3-9H2,1-2H3;3-6H2,1-2H3. The zero-order chi connectivity index (χ0) is 14.9. The zero-order valence-corrected chi connectivity index (χ0v) is 14.0. The number of hydrogen-bond acceptors (Lipinski definition) is 3. The molecule has 0 aromatic rings. The van der Waals surface area contributed by atoms with Crippen LogP contribution in [0.15, 0.2) is 0 Å². The predicted molar refractivity (Wildman–Crippen MR) is 83.1 cm³/mol. The SMILES string of the molecule is CCC1(CC)COC1.CCCCOCC1(CC)COC1. The quantitative estimate of drug-likeness (QED) is 0.630. The van der Waals surface area contributed by atoms with Gasteiger partial charge in [-0.1, -0.05) is 34.1 Å². The van der Waals surface area contributed by atoms with Crippen molar-refractivity contribution in [2.24, 2.45) is 10.8 Å². The summed E-state index contributed by atoms with van der Waals surface area (Å²) in [6.07, 6.45) is 6.14. The maximum Gasteiger partial charge on any atom is 0.0566 e. The van der Waals surface area contributed by atoms with Gasteiger partial charge in [-0.2, -0.15) is 0 Å². The van der Waals surface area contributed by atoms with Crippen molar-refractivity contribution < 1.29 is 14.2 Å². The minimum absolute atomic E-state index is 0.369. The Morgan fingerprint density at radius 3 is 1.55 bits per heavy atom. The minimum Gasteiger partial charge on any atom is -0.381 e. The molecule has 3 heteroatoms. The molecule has 0 aromatic heterocycles. The van der Waals surface area contributed by atoms with Crippen LogP contribution in [-0.4, -0.2) is 39.6 Å². The summed E-state index contributed by atoms with van der Waals surface area (Å²) in [6.45, 7) is 14.5. The molecule has 0 radical (unpaired) electrons. The molecule has 2 aliphatic rings. The van der Waals surface area contributed by atoms with E-state index in [1.54, 1.807) is 0 Å². The highest BCUT2D eigenvalue weighted by Gasteiger charge is 2.36. The smallest absolute Gasteiger partial charge is 0.0566 e. The molecular formula is C17H34O3. The highest BCUT2D eigenvalue weighted by molar-refractivity contribution is 4.84. The molecule has 2 saturated heterocycles. The molecule has 0 aliphatic carbocycles. The Labute approximate surface area is 125 Å². The van der Waals surface area contributed by atoms with Crippen LogP contribution in [0, 0.1) is 10.8 Å². The molecular weight excluding hydrogens is 252 g/mol. The lowest BCUT2D eigenvalue weighted by Crippen LogP contribution is -2.45. The molecule has 20 heavy (non-hydrogen) atoms. The van der Waals surface area contributed by atoms with Crippen molar-refractivity contribution >= 4 is 0 Å². The molecule has 2 aliphatic heterocycles. The van der Waals surface area contributed by atoms with Crippen LogP contribution in [0.25, 0.3) is 0 Å². The number of hydrogen-bond donors (Lipinski definition) is 0. The second-order valence-electron chi connectivity index (χ2n) is 6.45. The summed E-state index contributed by atoms with van der Waals surface area (Å²) < 4.78 is 15.9. The summed E-state index contributed by atoms with van der Waals surface area (Å²) in [5.74, 6) is 0. The van der Waals surface area contributed by atoms with Crippen molar-refractivity contribution in [2.45, 2.75) is 59.8 Å². The maximum absolute atomic E-state index is 5.59. The largest absolute Gasteiger partial charge is 0.381 e. The van der Waals surface area contributed by atoms with Crippen molar-refractivity contribution in [3.63, 3.8) is 0 Å². The molecule has 0 spiro atoms. The molecule has 0 atom stereocenters. The van der Waals surface area contributed by atoms with Crippen LogP contribution in [0.5, 0.6) is 0 Å². The lowest BCUT2D eigenvalue weighted by atomic mass is 9.81. The Morgan fingerprint density at radius 1 is 0.800 bits per heavy atom. The Hall–Kier alpha value is -0.120. The summed E-state index contributed by atoms with van der Waals surface area (Å²) in [5.41, 5.74) is 0.952. The van der Waals surface area contributed by atoms with Gasteiger partial charge in [-0.05, 0) is 25.7 Å². The van der Waals surface area contributed by atoms with Crippen molar-refractivity contribution in [2.75, 3.05) is 39.6 Å². The fraction of sp³-hybridized carbons (Fsp3) is 1.00. The van der Waals surface area contributed by atoms with E-state index in [9.17, 15) is 0 Å². The Kier molecular flexibility index (Phi) is 8.08. The van der Waals surface area contributed by atoms with Gasteiger partial charge in [-0.25, -0.2) is 0 Å². The van der Waals surface area contributed by atoms with E-state index in [0.717, 1.165) is 39.6 Å². The van der Waals surface area contributed by atoms with Crippen molar-refractivity contribution in [3.05, 3.63) is 0 Å². The first kappa shape index (κ1) is 17.9. The van der Waals surface area contributed by atoms with Crippen LogP contribution in [0.2, 0.25) is 0 Å². The van der Waals surface area contributed by atoms with Crippen LogP contribution < -0.4 is 0 Å². The van der Waals surface area contributed by atoms with E-state index >= 15 is 0 Å². The third kappa shape index (κ3) is 5.01. The maximum atomic E-state index is 5.59. The van der Waals surface area contributed by atoms with Crippen LogP contribution >= 0.6 is 0 Å². The summed E-state index contributed by atoms with van der Waals surface area (Å²) in [7, 11) is 0. The molecule has 0 amide bonds. The van der Waals surface area contributed by atoms with Gasteiger partial charge >= 0.3 is 0 Å². The summed E-state index contributed by atoms with van der Waals surface area (Å²) in [4.78, 5) is 0. The summed E-state index contributed by atoms with van der Waals surface area (Å²) in [5, 5.41) is 0. The first-order valence-corrected chi connectivity index (χ1v) is 8.39. The summed E-state index contributed by atoms with van der Waals surface area (Å²) >= 11 is 0. The van der Waals surface area contributed by atoms with E-state index in [1.165, 1.54) is 32.1 Å². The highest BCUT2D eigenvalue weighted by Crippen LogP contribution is 2.34. The van der Waals surface area contributed by atoms with Gasteiger partial charge in [0.2, 0.25) is 0 Å². The summed E-state index contributed by atoms with van der Waals surface area (Å²) in [6, 6.07) is 0. The lowest BCUT2D eigenvalue weighted by Gasteiger charge is -2.40. The molecule has 3 nitrogen and oxygen atoms in total. The molecule has 0 saturated carbocycles. The van der Waals surface area contributed by atoms with Gasteiger partial charge < -0.3 is 14.2 Å². The number of ether oxygens (including phenoxy) is 3. The van der Waals surface area contributed by atoms with Crippen LogP contribution in [0.4, 0.5) is 0 Å². The van der Waals surface area contributed by atoms with Crippen LogP contribution in [-0.2, 0) is 14.2 Å². The zero-order valence-electron chi connectivity index (χ0n) is 14.0. The highest BCUT2D eigenvalue weighted by atomic mass is 16.5. The van der Waals surface area contributed by atoms with E-state index < -0.39 is 0 Å². The molecule has 2 fully saturated rings. The van der Waals surface area contributed by atoms with Crippen LogP contribution in [0.1, 0.15) is 59.8 Å². The molecule has 0 unspecified atom stereocenters. The topological polar surface area (TPSA) is 27.7 Å². The van der Waals surface area contributed by atoms with E-state index in [1.807, 2.05) is 0 Å². The molecule has 120 valence electrons. The molecule has 0 N–H and O–H groups in total. The third-order valence-corrected chi connectivity index (χ3v) is 4.93. The number of rotatable bonds is 8. The average Bonchev–Trinajstić information content (AvgIpc) is 2.38. The van der Waals surface area contributed by atoms with Gasteiger partial charge in [-0.15, -0.1) is 0 Å². The molecule has 0 aromatic carbocycles. The van der Waals surface area contributed by atoms with Crippen LogP contribution in [0.3, 0.4) is 0 Å². The van der Waals surface area contributed by atoms with Gasteiger partial charge in [-0.3, -0.25) is 0 Å². The van der Waals surface area contributed by atoms with Crippen molar-refractivity contribution in [3.8, 4) is 0 Å². The monoisotopic (exact) mass is 286 g/mol. The molecule has 0 bridgehead atoms. The van der Waals surface area contributed by atoms with E-state index in [2.05, 4.69) is 27.7 Å². The fourth-order valence-corrected chi connectivity index (χ4v) is 2.36. The van der Waals surface area contributed by atoms with Gasteiger partial charge in [0.15, 0.2) is 0 Å². The fourth-order valence-electron chi connectivity index (χ4n) is 2.36. The second-order valence-corrected chi connectivity index (χ2v) is 6.45. The van der Waals surface area contributed by atoms with Gasteiger partial charge in [0.1, 0.15) is 0 Å². The van der Waals surface area contributed by atoms with E-state index in [4.69, 9.17) is 14.2 Å². The Balaban J connectivity index is 0.000000217. The van der Waals surface area contributed by atoms with E-state index in [-0.39, 0.29) is 0 Å². The second kappa shape index (κ2) is 9.01. The van der Waals surface area contributed by atoms with Crippen molar-refractivity contribution in [1.29, 1.82) is 0 Å². The molecule has 2 heterocycles. The van der Waals surface area contributed by atoms with Gasteiger partial charge in [0.25, 0.3) is 0 Å². The predicted octanol–water partition coefficient (Wildman–Crippen LogP) is 4.05. The Morgan fingerprint density at radius 2 is 1.30 bits per heavy atom. The van der Waals surface area contributed by atoms with Crippen molar-refractivity contribution in [1.82, 2.24) is 0 Å². The third-order valence-electron chi connectivity index (χ3n) is 4.93. The minimum atomic E-state index is 0.369. The van der Waals surface area contributed by atoms with Gasteiger partial charge in [0.05, 0.1) is 33.0 Å². The first-order chi connectivity index (χ1) is 9.66. The van der Waals surface area contributed by atoms with Gasteiger partial charge in [0, 0.05) is 17.4 Å². The number of unbranched alkanes of at least 4 members (excludes halogenated alkanes) is 1. The van der Waals surface area contributed by atoms with E-state index in [0.29, 0.717) is 10.8 Å².